The van der Waals surface area contributed by atoms with Crippen LogP contribution in [-0.2, 0) is 15.6 Å². The Morgan fingerprint density at radius 3 is 2.74 bits per heavy atom. The molecule has 0 saturated carbocycles. The highest BCUT2D eigenvalue weighted by atomic mass is 35.5. The number of urea groups is 1. The lowest BCUT2D eigenvalue weighted by atomic mass is 10.2. The predicted octanol–water partition coefficient (Wildman–Crippen LogP) is 2.76. The van der Waals surface area contributed by atoms with E-state index >= 15 is 0 Å². The van der Waals surface area contributed by atoms with Gasteiger partial charge in [0.05, 0.1) is 11.5 Å². The Morgan fingerprint density at radius 1 is 1.30 bits per heavy atom. The van der Waals surface area contributed by atoms with E-state index in [4.69, 9.17) is 16.0 Å². The van der Waals surface area contributed by atoms with Crippen LogP contribution in [0.25, 0.3) is 0 Å². The molecule has 1 aromatic heterocycles. The number of anilines is 1. The molecule has 23 heavy (non-hydrogen) atoms. The molecule has 1 aliphatic heterocycles. The van der Waals surface area contributed by atoms with E-state index in [1.165, 1.54) is 11.2 Å². The zero-order valence-electron chi connectivity index (χ0n) is 12.1. The van der Waals surface area contributed by atoms with E-state index in [-0.39, 0.29) is 24.9 Å². The van der Waals surface area contributed by atoms with Gasteiger partial charge in [0.1, 0.15) is 11.5 Å². The maximum atomic E-state index is 12.2. The van der Waals surface area contributed by atoms with Gasteiger partial charge in [0, 0.05) is 23.8 Å². The number of hydrogen-bond donors (Lipinski definition) is 1. The highest BCUT2D eigenvalue weighted by Crippen LogP contribution is 2.22. The Hall–Kier alpha value is -1.99. The van der Waals surface area contributed by atoms with Crippen molar-refractivity contribution in [3.05, 3.63) is 53.4 Å². The van der Waals surface area contributed by atoms with E-state index in [0.29, 0.717) is 16.5 Å². The first kappa shape index (κ1) is 15.9. The molecular weight excluding hydrogens is 340 g/mol. The molecule has 0 unspecified atom stereocenters. The number of benzene rings is 1. The van der Waals surface area contributed by atoms with Gasteiger partial charge >= 0.3 is 6.03 Å². The second-order valence-corrected chi connectivity index (χ2v) is 8.07. The third kappa shape index (κ3) is 3.68. The van der Waals surface area contributed by atoms with E-state index in [1.807, 2.05) is 0 Å². The number of carbonyl (C=O) groups excluding carboxylic acids is 1. The van der Waals surface area contributed by atoms with Crippen LogP contribution in [0.5, 0.6) is 0 Å². The van der Waals surface area contributed by atoms with Crippen molar-refractivity contribution in [2.75, 3.05) is 18.4 Å². The monoisotopic (exact) mass is 354 g/mol. The van der Waals surface area contributed by atoms with Gasteiger partial charge in [0.15, 0.2) is 9.84 Å². The summed E-state index contributed by atoms with van der Waals surface area (Å²) in [6, 6.07) is 9.72. The Balaban J connectivity index is 1.55. The van der Waals surface area contributed by atoms with Crippen molar-refractivity contribution in [2.24, 2.45) is 0 Å². The maximum Gasteiger partial charge on any atom is 0.321 e. The maximum absolute atomic E-state index is 12.2. The highest BCUT2D eigenvalue weighted by molar-refractivity contribution is 7.91. The quantitative estimate of drug-likeness (QED) is 0.915. The van der Waals surface area contributed by atoms with Gasteiger partial charge in [-0.15, -0.1) is 0 Å². The molecule has 0 aliphatic carbocycles. The summed E-state index contributed by atoms with van der Waals surface area (Å²) in [5.41, 5.74) is 0.574. The number of sulfone groups is 1. The molecule has 0 bridgehead atoms. The third-order valence-electron chi connectivity index (χ3n) is 3.64. The van der Waals surface area contributed by atoms with Crippen molar-refractivity contribution in [3.8, 4) is 0 Å². The summed E-state index contributed by atoms with van der Waals surface area (Å²) in [5, 5.41) is 2.65. The summed E-state index contributed by atoms with van der Waals surface area (Å²) in [7, 11) is -3.33. The molecule has 1 N–H and O–H groups in total. The van der Waals surface area contributed by atoms with Gasteiger partial charge in [-0.05, 0) is 30.3 Å². The van der Waals surface area contributed by atoms with Crippen molar-refractivity contribution in [3.63, 3.8) is 0 Å². The fourth-order valence-corrected chi connectivity index (χ4v) is 4.11. The van der Waals surface area contributed by atoms with E-state index in [1.54, 1.807) is 36.4 Å². The molecule has 0 radical (unpaired) electrons. The first-order valence-corrected chi connectivity index (χ1v) is 9.09. The summed E-state index contributed by atoms with van der Waals surface area (Å²) in [6.07, 6.45) is 1.44. The second-order valence-electron chi connectivity index (χ2n) is 5.35. The minimum absolute atomic E-state index is 0.144. The van der Waals surface area contributed by atoms with Crippen LogP contribution in [-0.4, -0.2) is 37.7 Å². The van der Waals surface area contributed by atoms with Crippen LogP contribution in [0.3, 0.4) is 0 Å². The Kier molecular flexibility index (Phi) is 4.32. The fraction of sp³-hybridized carbons (Fsp3) is 0.267. The van der Waals surface area contributed by atoms with Gasteiger partial charge < -0.3 is 14.6 Å². The largest absolute Gasteiger partial charge is 0.468 e. The predicted molar refractivity (Wildman–Crippen MR) is 87.2 cm³/mol. The lowest BCUT2D eigenvalue weighted by Crippen LogP contribution is -2.58. The number of nitrogens with one attached hydrogen (secondary N) is 1. The summed E-state index contributed by atoms with van der Waals surface area (Å²) in [4.78, 5) is 13.5. The lowest BCUT2D eigenvalue weighted by molar-refractivity contribution is 0.182. The number of furan rings is 1. The van der Waals surface area contributed by atoms with E-state index in [0.717, 1.165) is 0 Å². The summed E-state index contributed by atoms with van der Waals surface area (Å²) in [6.45, 7) is 0.352. The molecule has 1 aromatic carbocycles. The molecule has 2 amide bonds. The van der Waals surface area contributed by atoms with Crippen LogP contribution >= 0.6 is 11.6 Å². The summed E-state index contributed by atoms with van der Waals surface area (Å²) < 4.78 is 29.5. The molecule has 2 aromatic rings. The molecule has 1 fully saturated rings. The van der Waals surface area contributed by atoms with Crippen molar-refractivity contribution in [1.29, 1.82) is 0 Å². The van der Waals surface area contributed by atoms with Crippen LogP contribution in [0.15, 0.2) is 47.1 Å². The molecule has 8 heteroatoms. The molecule has 1 aliphatic rings. The van der Waals surface area contributed by atoms with Gasteiger partial charge in [-0.2, -0.15) is 0 Å². The van der Waals surface area contributed by atoms with E-state index < -0.39 is 15.1 Å². The number of rotatable bonds is 4. The molecule has 6 nitrogen and oxygen atoms in total. The second kappa shape index (κ2) is 6.25. The molecule has 122 valence electrons. The minimum Gasteiger partial charge on any atom is -0.468 e. The van der Waals surface area contributed by atoms with Crippen molar-refractivity contribution in [1.82, 2.24) is 4.90 Å². The van der Waals surface area contributed by atoms with Crippen LogP contribution < -0.4 is 5.32 Å². The zero-order valence-corrected chi connectivity index (χ0v) is 13.7. The number of likely N-dealkylation sites (tertiary alicyclic amines) is 1. The van der Waals surface area contributed by atoms with Crippen LogP contribution in [0, 0.1) is 0 Å². The fourth-order valence-electron chi connectivity index (χ4n) is 2.31. The molecule has 1 saturated heterocycles. The minimum atomic E-state index is -3.33. The van der Waals surface area contributed by atoms with E-state index in [2.05, 4.69) is 5.32 Å². The van der Waals surface area contributed by atoms with Gasteiger partial charge in [-0.25, -0.2) is 13.2 Å². The molecule has 3 rings (SSSR count). The first-order chi connectivity index (χ1) is 10.9. The normalized spacial score (nSPS) is 15.3. The average molecular weight is 355 g/mol. The Labute approximate surface area is 139 Å². The number of halogens is 1. The van der Waals surface area contributed by atoms with Gasteiger partial charge in [0.2, 0.25) is 0 Å². The zero-order chi connectivity index (χ0) is 16.4. The topological polar surface area (TPSA) is 79.6 Å². The number of carbonyl (C=O) groups is 1. The van der Waals surface area contributed by atoms with E-state index in [9.17, 15) is 13.2 Å². The molecular formula is C15H15ClN2O4S. The Bertz CT molecular complexity index is 799. The van der Waals surface area contributed by atoms with Crippen LogP contribution in [0.1, 0.15) is 5.76 Å². The summed E-state index contributed by atoms with van der Waals surface area (Å²) >= 11 is 5.85. The molecule has 0 spiro atoms. The van der Waals surface area contributed by atoms with Gasteiger partial charge in [-0.3, -0.25) is 0 Å². The lowest BCUT2D eigenvalue weighted by Gasteiger charge is -2.38. The van der Waals surface area contributed by atoms with Crippen molar-refractivity contribution >= 4 is 33.2 Å². The molecule has 2 heterocycles. The van der Waals surface area contributed by atoms with Crippen LogP contribution in [0.4, 0.5) is 10.5 Å². The van der Waals surface area contributed by atoms with Crippen molar-refractivity contribution in [2.45, 2.75) is 11.0 Å². The summed E-state index contributed by atoms with van der Waals surface area (Å²) in [5.74, 6) is 0.265. The first-order valence-electron chi connectivity index (χ1n) is 6.99. The molecule has 0 atom stereocenters. The Morgan fingerprint density at radius 2 is 2.09 bits per heavy atom. The average Bonchev–Trinajstić information content (AvgIpc) is 2.88. The SMILES string of the molecule is O=C(Nc1cccc(Cl)c1)N1CC(S(=O)(=O)Cc2ccco2)C1. The standard InChI is InChI=1S/C15H15ClN2O4S/c16-11-3-1-4-12(7-11)17-15(19)18-8-14(9-18)23(20,21)10-13-5-2-6-22-13/h1-7,14H,8-10H2,(H,17,19). The van der Waals surface area contributed by atoms with Gasteiger partial charge in [0.25, 0.3) is 0 Å². The van der Waals surface area contributed by atoms with Crippen molar-refractivity contribution < 1.29 is 17.6 Å². The number of amides is 2. The smallest absolute Gasteiger partial charge is 0.321 e. The van der Waals surface area contributed by atoms with Crippen LogP contribution in [0.2, 0.25) is 5.02 Å². The number of nitrogens with zero attached hydrogens (tertiary/aromatic N) is 1. The van der Waals surface area contributed by atoms with Gasteiger partial charge in [-0.1, -0.05) is 17.7 Å². The third-order valence-corrected chi connectivity index (χ3v) is 5.88. The number of hydrogen-bond acceptors (Lipinski definition) is 4. The highest BCUT2D eigenvalue weighted by Gasteiger charge is 2.40.